The average molecular weight is 501 g/mol. The van der Waals surface area contributed by atoms with Crippen molar-refractivity contribution in [2.24, 2.45) is 0 Å². The van der Waals surface area contributed by atoms with E-state index in [1.54, 1.807) is 19.1 Å². The number of ether oxygens (including phenoxy) is 1. The van der Waals surface area contributed by atoms with Gasteiger partial charge in [-0.15, -0.1) is 0 Å². The molecule has 3 heterocycles. The second-order valence-corrected chi connectivity index (χ2v) is 10.4. The first-order valence-corrected chi connectivity index (χ1v) is 13.3. The molecule has 2 aromatic carbocycles. The number of carbonyl (C=O) groups is 1. The lowest BCUT2D eigenvalue weighted by Gasteiger charge is -2.36. The van der Waals surface area contributed by atoms with Crippen molar-refractivity contribution in [2.45, 2.75) is 57.5 Å². The van der Waals surface area contributed by atoms with Crippen LogP contribution in [0.4, 0.5) is 4.39 Å². The summed E-state index contributed by atoms with van der Waals surface area (Å²) in [6.07, 6.45) is 5.68. The molecule has 2 atom stereocenters. The first-order valence-electron chi connectivity index (χ1n) is 13.3. The molecule has 2 N–H and O–H groups in total. The topological polar surface area (TPSA) is 70.2 Å². The van der Waals surface area contributed by atoms with Gasteiger partial charge in [-0.3, -0.25) is 9.78 Å². The van der Waals surface area contributed by atoms with Crippen LogP contribution in [0.25, 0.3) is 21.8 Å². The van der Waals surface area contributed by atoms with Gasteiger partial charge < -0.3 is 19.9 Å². The minimum absolute atomic E-state index is 0.130. The van der Waals surface area contributed by atoms with Crippen molar-refractivity contribution in [3.05, 3.63) is 70.8 Å². The highest BCUT2D eigenvalue weighted by molar-refractivity contribution is 6.10. The second kappa shape index (κ2) is 9.78. The summed E-state index contributed by atoms with van der Waals surface area (Å²) in [6.45, 7) is 3.24. The Balaban J connectivity index is 1.43. The number of hydrogen-bond donors (Lipinski definition) is 2. The number of carbonyl (C=O) groups excluding carboxylic acids is 1. The number of amides is 1. The fraction of sp³-hybridized carbons (Fsp3) is 0.400. The van der Waals surface area contributed by atoms with E-state index in [-0.39, 0.29) is 29.6 Å². The lowest BCUT2D eigenvalue weighted by molar-refractivity contribution is -0.130. The molecule has 0 spiro atoms. The molecule has 192 valence electrons. The van der Waals surface area contributed by atoms with Gasteiger partial charge in [0, 0.05) is 48.8 Å². The van der Waals surface area contributed by atoms with E-state index in [0.29, 0.717) is 6.42 Å². The van der Waals surface area contributed by atoms with Crippen molar-refractivity contribution >= 4 is 27.7 Å². The molecule has 2 aromatic heterocycles. The normalized spacial score (nSPS) is 19.8. The van der Waals surface area contributed by atoms with Crippen LogP contribution in [0.3, 0.4) is 0 Å². The van der Waals surface area contributed by atoms with Gasteiger partial charge in [-0.1, -0.05) is 24.3 Å². The van der Waals surface area contributed by atoms with E-state index in [4.69, 9.17) is 9.72 Å². The first kappa shape index (κ1) is 23.9. The summed E-state index contributed by atoms with van der Waals surface area (Å²) in [5.74, 6) is 0.0233. The predicted octanol–water partition coefficient (Wildman–Crippen LogP) is 5.43. The Morgan fingerprint density at radius 3 is 2.89 bits per heavy atom. The number of rotatable bonds is 5. The van der Waals surface area contributed by atoms with E-state index in [1.807, 2.05) is 17.0 Å². The number of aromatic amines is 1. The molecule has 4 aromatic rings. The molecule has 0 saturated carbocycles. The van der Waals surface area contributed by atoms with Crippen LogP contribution in [0.15, 0.2) is 42.5 Å². The molecular weight excluding hydrogens is 467 g/mol. The quantitative estimate of drug-likeness (QED) is 0.383. The SMILES string of the molecule is COc1ccc(Cc2nc3c(c4c2[nH]c2ccccc24)CCC[C@@H]3N[C@H]2CCCN(C(C)=O)C2)cc1F. The van der Waals surface area contributed by atoms with Crippen LogP contribution >= 0.6 is 0 Å². The third-order valence-electron chi connectivity index (χ3n) is 8.00. The molecule has 0 unspecified atom stereocenters. The van der Waals surface area contributed by atoms with E-state index in [2.05, 4.69) is 28.5 Å². The van der Waals surface area contributed by atoms with E-state index in [9.17, 15) is 9.18 Å². The highest BCUT2D eigenvalue weighted by atomic mass is 19.1. The number of benzene rings is 2. The molecule has 1 amide bonds. The monoisotopic (exact) mass is 500 g/mol. The van der Waals surface area contributed by atoms with Crippen LogP contribution in [-0.2, 0) is 17.6 Å². The zero-order valence-corrected chi connectivity index (χ0v) is 21.4. The summed E-state index contributed by atoms with van der Waals surface area (Å²) in [6, 6.07) is 13.9. The number of hydrogen-bond acceptors (Lipinski definition) is 4. The molecule has 0 bridgehead atoms. The highest BCUT2D eigenvalue weighted by Crippen LogP contribution is 2.39. The number of aryl methyl sites for hydroxylation is 1. The number of pyridine rings is 1. The summed E-state index contributed by atoms with van der Waals surface area (Å²) in [5.41, 5.74) is 6.33. The number of likely N-dealkylation sites (tertiary alicyclic amines) is 1. The van der Waals surface area contributed by atoms with Gasteiger partial charge >= 0.3 is 0 Å². The van der Waals surface area contributed by atoms with E-state index in [0.717, 1.165) is 73.2 Å². The summed E-state index contributed by atoms with van der Waals surface area (Å²) in [7, 11) is 1.48. The number of aromatic nitrogens is 2. The fourth-order valence-corrected chi connectivity index (χ4v) is 6.22. The Hall–Kier alpha value is -3.45. The molecule has 1 aliphatic carbocycles. The maximum atomic E-state index is 14.5. The molecule has 1 saturated heterocycles. The standard InChI is InChI=1S/C30H33FN4O2/c1-18(36)35-14-6-7-20(17-35)32-25-11-5-9-22-28-21-8-3-4-10-24(21)33-30(28)26(34-29(22)25)16-19-12-13-27(37-2)23(31)15-19/h3-4,8,10,12-13,15,20,25,32-33H,5-7,9,11,14,16-17H2,1-2H3/t20-,25-/m0/s1. The number of para-hydroxylation sites is 1. The zero-order valence-electron chi connectivity index (χ0n) is 21.4. The second-order valence-electron chi connectivity index (χ2n) is 10.4. The van der Waals surface area contributed by atoms with Crippen molar-refractivity contribution in [1.29, 1.82) is 0 Å². The van der Waals surface area contributed by atoms with Gasteiger partial charge in [0.15, 0.2) is 11.6 Å². The highest BCUT2D eigenvalue weighted by Gasteiger charge is 2.30. The van der Waals surface area contributed by atoms with Gasteiger partial charge in [0.1, 0.15) is 0 Å². The molecule has 1 fully saturated rings. The van der Waals surface area contributed by atoms with Gasteiger partial charge in [0.25, 0.3) is 0 Å². The minimum atomic E-state index is -0.363. The molecule has 0 radical (unpaired) electrons. The average Bonchev–Trinajstić information content (AvgIpc) is 3.30. The van der Waals surface area contributed by atoms with Gasteiger partial charge in [-0.25, -0.2) is 4.39 Å². The van der Waals surface area contributed by atoms with Crippen molar-refractivity contribution < 1.29 is 13.9 Å². The van der Waals surface area contributed by atoms with Crippen LogP contribution in [0.2, 0.25) is 0 Å². The van der Waals surface area contributed by atoms with Crippen molar-refractivity contribution in [3.8, 4) is 5.75 Å². The van der Waals surface area contributed by atoms with Crippen LogP contribution < -0.4 is 10.1 Å². The van der Waals surface area contributed by atoms with Crippen LogP contribution in [0.1, 0.15) is 61.2 Å². The Morgan fingerprint density at radius 1 is 1.22 bits per heavy atom. The first-order chi connectivity index (χ1) is 18.0. The molecule has 37 heavy (non-hydrogen) atoms. The molecule has 6 rings (SSSR count). The third-order valence-corrected chi connectivity index (χ3v) is 8.00. The van der Waals surface area contributed by atoms with E-state index in [1.165, 1.54) is 23.4 Å². The van der Waals surface area contributed by atoms with Crippen LogP contribution in [-0.4, -0.2) is 47.0 Å². The van der Waals surface area contributed by atoms with E-state index < -0.39 is 0 Å². The lowest BCUT2D eigenvalue weighted by Crippen LogP contribution is -2.48. The van der Waals surface area contributed by atoms with Crippen molar-refractivity contribution in [3.63, 3.8) is 0 Å². The van der Waals surface area contributed by atoms with Gasteiger partial charge in [-0.05, 0) is 61.4 Å². The summed E-state index contributed by atoms with van der Waals surface area (Å²) in [5, 5.41) is 6.32. The molecule has 1 aliphatic heterocycles. The fourth-order valence-electron chi connectivity index (χ4n) is 6.22. The van der Waals surface area contributed by atoms with Crippen LogP contribution in [0, 0.1) is 5.82 Å². The maximum absolute atomic E-state index is 14.5. The molecule has 7 heteroatoms. The van der Waals surface area contributed by atoms with E-state index >= 15 is 0 Å². The number of H-pyrrole nitrogens is 1. The Morgan fingerprint density at radius 2 is 2.08 bits per heavy atom. The largest absolute Gasteiger partial charge is 0.494 e. The Kier molecular flexibility index (Phi) is 6.32. The smallest absolute Gasteiger partial charge is 0.219 e. The molecule has 6 nitrogen and oxygen atoms in total. The Bertz CT molecular complexity index is 1480. The maximum Gasteiger partial charge on any atom is 0.219 e. The number of nitrogens with zero attached hydrogens (tertiary/aromatic N) is 2. The minimum Gasteiger partial charge on any atom is -0.494 e. The molecule has 2 aliphatic rings. The summed E-state index contributed by atoms with van der Waals surface area (Å²) < 4.78 is 19.6. The summed E-state index contributed by atoms with van der Waals surface area (Å²) >= 11 is 0. The number of piperidine rings is 1. The number of methoxy groups -OCH3 is 1. The van der Waals surface area contributed by atoms with Gasteiger partial charge in [-0.2, -0.15) is 0 Å². The number of halogens is 1. The van der Waals surface area contributed by atoms with Gasteiger partial charge in [0.05, 0.1) is 30.1 Å². The molecular formula is C30H33FN4O2. The van der Waals surface area contributed by atoms with Crippen molar-refractivity contribution in [2.75, 3.05) is 20.2 Å². The van der Waals surface area contributed by atoms with Crippen LogP contribution in [0.5, 0.6) is 5.75 Å². The van der Waals surface area contributed by atoms with Gasteiger partial charge in [0.2, 0.25) is 5.91 Å². The Labute approximate surface area is 216 Å². The third kappa shape index (κ3) is 4.46. The van der Waals surface area contributed by atoms with Crippen molar-refractivity contribution in [1.82, 2.24) is 20.2 Å². The lowest BCUT2D eigenvalue weighted by atomic mass is 9.87. The number of nitrogens with one attached hydrogen (secondary N) is 2. The summed E-state index contributed by atoms with van der Waals surface area (Å²) in [4.78, 5) is 22.9. The zero-order chi connectivity index (χ0) is 25.5. The number of fused-ring (bicyclic) bond motifs is 5. The predicted molar refractivity (Wildman–Crippen MR) is 143 cm³/mol.